The van der Waals surface area contributed by atoms with E-state index < -0.39 is 0 Å². The number of ether oxygens (including phenoxy) is 1. The number of aromatic nitrogens is 2. The third kappa shape index (κ3) is 4.66. The van der Waals surface area contributed by atoms with Crippen molar-refractivity contribution in [1.29, 1.82) is 0 Å². The number of piperazine rings is 1. The monoisotopic (exact) mass is 389 g/mol. The molecular weight excluding hydrogens is 362 g/mol. The van der Waals surface area contributed by atoms with Gasteiger partial charge in [-0.25, -0.2) is 4.98 Å². The number of para-hydroxylation sites is 2. The molecule has 150 valence electrons. The van der Waals surface area contributed by atoms with Gasteiger partial charge in [-0.3, -0.25) is 0 Å². The molecule has 1 saturated heterocycles. The summed E-state index contributed by atoms with van der Waals surface area (Å²) in [5.74, 6) is 2.32. The quantitative estimate of drug-likeness (QED) is 0.687. The zero-order chi connectivity index (χ0) is 20.1. The second-order valence-electron chi connectivity index (χ2n) is 7.15. The van der Waals surface area contributed by atoms with Crippen molar-refractivity contribution in [2.75, 3.05) is 50.1 Å². The van der Waals surface area contributed by atoms with Gasteiger partial charge in [0, 0.05) is 37.8 Å². The first-order valence-electron chi connectivity index (χ1n) is 10.1. The van der Waals surface area contributed by atoms with Gasteiger partial charge in [0.05, 0.1) is 18.0 Å². The topological polar surface area (TPSA) is 53.5 Å². The molecule has 0 saturated carbocycles. The van der Waals surface area contributed by atoms with Crippen molar-refractivity contribution in [3.8, 4) is 17.0 Å². The van der Waals surface area contributed by atoms with Gasteiger partial charge in [-0.2, -0.15) is 4.98 Å². The lowest BCUT2D eigenvalue weighted by atomic mass is 10.1. The van der Waals surface area contributed by atoms with Crippen LogP contribution in [0.1, 0.15) is 6.92 Å². The number of rotatable bonds is 6. The van der Waals surface area contributed by atoms with Crippen LogP contribution in [-0.4, -0.2) is 54.7 Å². The molecule has 4 rings (SSSR count). The molecule has 0 aliphatic carbocycles. The molecule has 0 radical (unpaired) electrons. The van der Waals surface area contributed by atoms with Crippen molar-refractivity contribution < 1.29 is 4.74 Å². The summed E-state index contributed by atoms with van der Waals surface area (Å²) in [7, 11) is 2.16. The van der Waals surface area contributed by atoms with Crippen LogP contribution >= 0.6 is 0 Å². The molecule has 1 aromatic heterocycles. The molecule has 0 atom stereocenters. The fraction of sp³-hybridized carbons (Fsp3) is 0.304. The highest BCUT2D eigenvalue weighted by molar-refractivity contribution is 5.68. The van der Waals surface area contributed by atoms with Crippen molar-refractivity contribution >= 4 is 17.5 Å². The van der Waals surface area contributed by atoms with Gasteiger partial charge in [0.25, 0.3) is 0 Å². The van der Waals surface area contributed by atoms with Crippen molar-refractivity contribution in [1.82, 2.24) is 14.9 Å². The minimum atomic E-state index is 0.576. The lowest BCUT2D eigenvalue weighted by Gasteiger charge is -2.33. The molecule has 3 aromatic rings. The van der Waals surface area contributed by atoms with Crippen molar-refractivity contribution in [2.45, 2.75) is 6.92 Å². The van der Waals surface area contributed by atoms with Gasteiger partial charge in [0.1, 0.15) is 11.6 Å². The van der Waals surface area contributed by atoms with Crippen LogP contribution in [0.4, 0.5) is 17.5 Å². The molecule has 2 heterocycles. The molecule has 6 heteroatoms. The number of hydrogen-bond acceptors (Lipinski definition) is 6. The minimum Gasteiger partial charge on any atom is -0.492 e. The maximum Gasteiger partial charge on any atom is 0.229 e. The average molecular weight is 390 g/mol. The summed E-state index contributed by atoms with van der Waals surface area (Å²) in [6.45, 7) is 6.56. The fourth-order valence-electron chi connectivity index (χ4n) is 3.42. The normalized spacial score (nSPS) is 14.6. The molecule has 0 spiro atoms. The predicted molar refractivity (Wildman–Crippen MR) is 118 cm³/mol. The Morgan fingerprint density at radius 3 is 2.41 bits per heavy atom. The Hall–Kier alpha value is -3.12. The largest absolute Gasteiger partial charge is 0.492 e. The summed E-state index contributed by atoms with van der Waals surface area (Å²) in [6.07, 6.45) is 0. The molecule has 1 fully saturated rings. The summed E-state index contributed by atoms with van der Waals surface area (Å²) in [5, 5.41) is 3.37. The van der Waals surface area contributed by atoms with Crippen LogP contribution in [0, 0.1) is 0 Å². The molecule has 1 aliphatic heterocycles. The van der Waals surface area contributed by atoms with Crippen LogP contribution in [0.2, 0.25) is 0 Å². The van der Waals surface area contributed by atoms with E-state index in [1.165, 1.54) is 0 Å². The van der Waals surface area contributed by atoms with Crippen LogP contribution in [0.25, 0.3) is 11.3 Å². The smallest absolute Gasteiger partial charge is 0.229 e. The summed E-state index contributed by atoms with van der Waals surface area (Å²) in [6, 6.07) is 20.2. The molecule has 1 aliphatic rings. The number of benzene rings is 2. The zero-order valence-corrected chi connectivity index (χ0v) is 17.0. The Labute approximate surface area is 172 Å². The predicted octanol–water partition coefficient (Wildman–Crippen LogP) is 4.04. The van der Waals surface area contributed by atoms with Crippen LogP contribution in [0.5, 0.6) is 5.75 Å². The van der Waals surface area contributed by atoms with E-state index in [1.54, 1.807) is 0 Å². The van der Waals surface area contributed by atoms with Crippen molar-refractivity contribution in [2.24, 2.45) is 0 Å². The second kappa shape index (κ2) is 8.92. The molecule has 6 nitrogen and oxygen atoms in total. The van der Waals surface area contributed by atoms with Gasteiger partial charge >= 0.3 is 0 Å². The molecule has 0 unspecified atom stereocenters. The van der Waals surface area contributed by atoms with Crippen LogP contribution in [0.3, 0.4) is 0 Å². The first-order chi connectivity index (χ1) is 14.2. The van der Waals surface area contributed by atoms with E-state index in [1.807, 2.05) is 49.4 Å². The highest BCUT2D eigenvalue weighted by Crippen LogP contribution is 2.29. The van der Waals surface area contributed by atoms with Gasteiger partial charge in [0.2, 0.25) is 5.95 Å². The molecular formula is C23H27N5O. The Morgan fingerprint density at radius 1 is 0.931 bits per heavy atom. The first-order valence-corrected chi connectivity index (χ1v) is 10.1. The standard InChI is InChI=1S/C23H27N5O/c1-3-29-21-12-8-7-11-19(21)24-23-25-20(18-9-5-4-6-10-18)17-22(26-23)28-15-13-27(2)14-16-28/h4-12,17H,3,13-16H2,1-2H3,(H,24,25,26). The SMILES string of the molecule is CCOc1ccccc1Nc1nc(-c2ccccc2)cc(N2CCN(C)CC2)n1. The van der Waals surface area contributed by atoms with Gasteiger partial charge in [-0.05, 0) is 26.1 Å². The van der Waals surface area contributed by atoms with Crippen LogP contribution in [0.15, 0.2) is 60.7 Å². The summed E-state index contributed by atoms with van der Waals surface area (Å²) >= 11 is 0. The summed E-state index contributed by atoms with van der Waals surface area (Å²) in [5.41, 5.74) is 2.85. The number of hydrogen-bond donors (Lipinski definition) is 1. The van der Waals surface area contributed by atoms with E-state index in [4.69, 9.17) is 14.7 Å². The molecule has 0 amide bonds. The second-order valence-corrected chi connectivity index (χ2v) is 7.15. The number of nitrogens with zero attached hydrogens (tertiary/aromatic N) is 4. The maximum atomic E-state index is 5.75. The first kappa shape index (κ1) is 19.2. The van der Waals surface area contributed by atoms with E-state index >= 15 is 0 Å². The maximum absolute atomic E-state index is 5.75. The van der Waals surface area contributed by atoms with Gasteiger partial charge in [-0.1, -0.05) is 42.5 Å². The van der Waals surface area contributed by atoms with Gasteiger partial charge in [-0.15, -0.1) is 0 Å². The Bertz CT molecular complexity index is 939. The third-order valence-corrected chi connectivity index (χ3v) is 5.04. The Balaban J connectivity index is 1.70. The lowest BCUT2D eigenvalue weighted by Crippen LogP contribution is -2.44. The van der Waals surface area contributed by atoms with Crippen molar-refractivity contribution in [3.05, 3.63) is 60.7 Å². The number of anilines is 3. The van der Waals surface area contributed by atoms with Crippen LogP contribution in [-0.2, 0) is 0 Å². The van der Waals surface area contributed by atoms with Crippen molar-refractivity contribution in [3.63, 3.8) is 0 Å². The molecule has 2 aromatic carbocycles. The number of nitrogens with one attached hydrogen (secondary N) is 1. The van der Waals surface area contributed by atoms with Gasteiger partial charge < -0.3 is 19.9 Å². The fourth-order valence-corrected chi connectivity index (χ4v) is 3.42. The highest BCUT2D eigenvalue weighted by Gasteiger charge is 2.18. The van der Waals surface area contributed by atoms with E-state index in [-0.39, 0.29) is 0 Å². The molecule has 1 N–H and O–H groups in total. The van der Waals surface area contributed by atoms with Crippen LogP contribution < -0.4 is 15.0 Å². The summed E-state index contributed by atoms with van der Waals surface area (Å²) < 4.78 is 5.75. The third-order valence-electron chi connectivity index (χ3n) is 5.04. The van der Waals surface area contributed by atoms with Gasteiger partial charge in [0.15, 0.2) is 0 Å². The van der Waals surface area contributed by atoms with E-state index in [0.29, 0.717) is 12.6 Å². The minimum absolute atomic E-state index is 0.576. The number of likely N-dealkylation sites (N-methyl/N-ethyl adjacent to an activating group) is 1. The van der Waals surface area contributed by atoms with E-state index in [0.717, 1.165) is 54.7 Å². The zero-order valence-electron chi connectivity index (χ0n) is 17.0. The molecule has 29 heavy (non-hydrogen) atoms. The van der Waals surface area contributed by atoms with E-state index in [9.17, 15) is 0 Å². The highest BCUT2D eigenvalue weighted by atomic mass is 16.5. The van der Waals surface area contributed by atoms with E-state index in [2.05, 4.69) is 40.4 Å². The average Bonchev–Trinajstić information content (AvgIpc) is 2.76. The summed E-state index contributed by atoms with van der Waals surface area (Å²) in [4.78, 5) is 14.3. The Morgan fingerprint density at radius 2 is 1.66 bits per heavy atom. The lowest BCUT2D eigenvalue weighted by molar-refractivity contribution is 0.312. The molecule has 0 bridgehead atoms. The Kier molecular flexibility index (Phi) is 5.91.